The van der Waals surface area contributed by atoms with Crippen molar-refractivity contribution in [3.8, 4) is 23.0 Å². The summed E-state index contributed by atoms with van der Waals surface area (Å²) in [6.07, 6.45) is 12.0. The summed E-state index contributed by atoms with van der Waals surface area (Å²) < 4.78 is 15.1. The van der Waals surface area contributed by atoms with E-state index < -0.39 is 18.3 Å². The molecule has 13 aromatic carbocycles. The zero-order valence-electron chi connectivity index (χ0n) is 59.3. The second kappa shape index (κ2) is 24.9. The molecule has 496 valence electrons. The standard InChI is InChI=1S/C96H79B2NO3P/c1-63(2)71-38-13-20-47-80(71)97(89-56-12-9-27-61-94(89,6)7)81-48-30-45-78-92(81)101-85-52-23-16-41-74(85)95(78)72-39-14-21-50-83(72)99(84-51-22-15-40-73(84)95)69-59-57-67(58-60-69)62-68-35-29-34-66(5)91(68)98(90-64(3)32-28-33-65(90)4)82-49-31-46-79-93(82)102-86-53-24-17-42-75(86)96(79)76-43-18-25-54-87(76)103(100,70-36-10-8-11-37-70)88-55-26-19-44-77(88)96/h8-61,63,100H,62H2,1-7H3/q+1. The lowest BCUT2D eigenvalue weighted by Gasteiger charge is -2.49. The van der Waals surface area contributed by atoms with E-state index in [2.05, 4.69) is 375 Å². The van der Waals surface area contributed by atoms with E-state index in [4.69, 9.17) is 9.47 Å². The molecule has 1 aliphatic carbocycles. The zero-order valence-corrected chi connectivity index (χ0v) is 60.2. The van der Waals surface area contributed by atoms with Gasteiger partial charge in [-0.3, -0.25) is 0 Å². The lowest BCUT2D eigenvalue weighted by atomic mass is 9.31. The van der Waals surface area contributed by atoms with E-state index in [0.717, 1.165) is 100 Å². The number of fused-ring (bicyclic) bond motifs is 16. The molecular weight excluding hydrogens is 1270 g/mol. The number of ether oxygens (including phenoxy) is 2. The van der Waals surface area contributed by atoms with Gasteiger partial charge < -0.3 is 14.4 Å². The van der Waals surface area contributed by atoms with Gasteiger partial charge in [-0.1, -0.05) is 339 Å². The minimum Gasteiger partial charge on any atom is -0.457 e. The SMILES string of the molecule is Cc1cccc(C)c1B(c1cccc2c1Oc1ccccc1C21c2ccccc2[P+](O)(c2ccccc2)c2ccccc21)c1c(C)cccc1Cc1ccc(N2c3ccccc3C3(c4ccccc4Oc4c(B(C5=CC=CC=CC5(C)C)c5ccccc5C(C)C)cccc43)c3ccccc32)cc1. The summed E-state index contributed by atoms with van der Waals surface area (Å²) in [5, 5.41) is 2.86. The van der Waals surface area contributed by atoms with Crippen LogP contribution < -0.4 is 57.6 Å². The predicted molar refractivity (Wildman–Crippen MR) is 433 cm³/mol. The molecule has 0 saturated carbocycles. The Labute approximate surface area is 607 Å². The van der Waals surface area contributed by atoms with Gasteiger partial charge in [0.15, 0.2) is 0 Å². The molecular formula is C96H79B2NO3P+. The van der Waals surface area contributed by atoms with Crippen molar-refractivity contribution in [2.45, 2.75) is 71.6 Å². The molecule has 0 fully saturated rings. The lowest BCUT2D eigenvalue weighted by Crippen LogP contribution is -2.57. The highest BCUT2D eigenvalue weighted by atomic mass is 31.2. The molecule has 4 heterocycles. The molecule has 5 aliphatic rings. The Hall–Kier alpha value is -11.0. The maximum absolute atomic E-state index is 13.8. The Morgan fingerprint density at radius 2 is 0.864 bits per heavy atom. The molecule has 0 unspecified atom stereocenters. The molecule has 4 aliphatic heterocycles. The third-order valence-electron chi connectivity index (χ3n) is 23.2. The van der Waals surface area contributed by atoms with E-state index in [1.54, 1.807) is 0 Å². The number of allylic oxidation sites excluding steroid dienone is 6. The van der Waals surface area contributed by atoms with Gasteiger partial charge in [-0.25, -0.2) is 4.89 Å². The molecule has 0 radical (unpaired) electrons. The van der Waals surface area contributed by atoms with Crippen LogP contribution in [0.25, 0.3) is 0 Å². The Balaban J connectivity index is 0.773. The zero-order chi connectivity index (χ0) is 69.9. The van der Waals surface area contributed by atoms with E-state index >= 15 is 0 Å². The molecule has 4 nitrogen and oxygen atoms in total. The average Bonchev–Trinajstić information content (AvgIpc) is 0.731. The Kier molecular flexibility index (Phi) is 15.5. The van der Waals surface area contributed by atoms with Gasteiger partial charge in [0.1, 0.15) is 38.9 Å². The largest absolute Gasteiger partial charge is 0.457 e. The molecule has 18 rings (SSSR count). The van der Waals surface area contributed by atoms with Crippen molar-refractivity contribution in [1.29, 1.82) is 0 Å². The number of hydrogen-bond acceptors (Lipinski definition) is 4. The van der Waals surface area contributed by atoms with E-state index in [9.17, 15) is 4.89 Å². The molecule has 1 N–H and O–H groups in total. The Morgan fingerprint density at radius 3 is 1.46 bits per heavy atom. The molecule has 2 spiro atoms. The highest BCUT2D eigenvalue weighted by molar-refractivity contribution is 7.91. The van der Waals surface area contributed by atoms with Crippen LogP contribution in [0.1, 0.15) is 112 Å². The van der Waals surface area contributed by atoms with Gasteiger partial charge in [0, 0.05) is 39.1 Å². The van der Waals surface area contributed by atoms with Crippen LogP contribution in [0, 0.1) is 26.2 Å². The maximum Gasteiger partial charge on any atom is 0.247 e. The molecule has 0 bridgehead atoms. The van der Waals surface area contributed by atoms with Crippen molar-refractivity contribution >= 4 is 81.2 Å². The lowest BCUT2D eigenvalue weighted by molar-refractivity contribution is 0.437. The van der Waals surface area contributed by atoms with Crippen molar-refractivity contribution in [1.82, 2.24) is 0 Å². The summed E-state index contributed by atoms with van der Waals surface area (Å²) in [7, 11) is -3.14. The van der Waals surface area contributed by atoms with Crippen LogP contribution in [0.5, 0.6) is 23.0 Å². The predicted octanol–water partition coefficient (Wildman–Crippen LogP) is 18.3. The van der Waals surface area contributed by atoms with Crippen molar-refractivity contribution in [3.63, 3.8) is 0 Å². The minimum absolute atomic E-state index is 0.121. The van der Waals surface area contributed by atoms with Gasteiger partial charge in [-0.2, -0.15) is 0 Å². The van der Waals surface area contributed by atoms with Gasteiger partial charge in [0.2, 0.25) is 20.9 Å². The van der Waals surface area contributed by atoms with Gasteiger partial charge in [-0.05, 0) is 132 Å². The van der Waals surface area contributed by atoms with Crippen LogP contribution >= 0.6 is 7.49 Å². The normalized spacial score (nSPS) is 17.2. The molecule has 0 aromatic heterocycles. The van der Waals surface area contributed by atoms with E-state index in [0.29, 0.717) is 12.3 Å². The number of aryl methyl sites for hydroxylation is 3. The average molecular weight is 1350 g/mol. The molecule has 0 amide bonds. The summed E-state index contributed by atoms with van der Waals surface area (Å²) in [5.74, 6) is 3.72. The number of rotatable bonds is 11. The quantitative estimate of drug-likeness (QED) is 0.104. The highest BCUT2D eigenvalue weighted by Crippen LogP contribution is 2.66. The highest BCUT2D eigenvalue weighted by Gasteiger charge is 2.61. The maximum atomic E-state index is 13.8. The summed E-state index contributed by atoms with van der Waals surface area (Å²) in [6.45, 7) is 15.8. The molecule has 0 saturated heterocycles. The van der Waals surface area contributed by atoms with Crippen LogP contribution in [0.4, 0.5) is 17.1 Å². The minimum atomic E-state index is -3.14. The second-order valence-electron chi connectivity index (χ2n) is 29.6. The van der Waals surface area contributed by atoms with E-state index in [-0.39, 0.29) is 18.8 Å². The summed E-state index contributed by atoms with van der Waals surface area (Å²) in [6, 6.07) is 109. The van der Waals surface area contributed by atoms with Crippen LogP contribution in [-0.4, -0.2) is 18.3 Å². The molecule has 0 atom stereocenters. The number of anilines is 3. The number of benzene rings is 13. The number of hydrogen-bond donors (Lipinski definition) is 1. The summed E-state index contributed by atoms with van der Waals surface area (Å²) in [4.78, 5) is 16.3. The van der Waals surface area contributed by atoms with Gasteiger partial charge in [0.25, 0.3) is 0 Å². The van der Waals surface area contributed by atoms with Gasteiger partial charge in [0.05, 0.1) is 22.2 Å². The first-order valence-corrected chi connectivity index (χ1v) is 38.1. The van der Waals surface area contributed by atoms with Crippen molar-refractivity contribution in [2.24, 2.45) is 5.41 Å². The van der Waals surface area contributed by atoms with E-state index in [1.165, 1.54) is 66.4 Å². The number of para-hydroxylation sites is 6. The smallest absolute Gasteiger partial charge is 0.247 e. The Morgan fingerprint density at radius 1 is 0.408 bits per heavy atom. The molecule has 7 heteroatoms. The van der Waals surface area contributed by atoms with Crippen LogP contribution in [0.2, 0.25) is 0 Å². The fourth-order valence-corrected chi connectivity index (χ4v) is 22.0. The van der Waals surface area contributed by atoms with Crippen molar-refractivity contribution in [3.05, 3.63) is 411 Å². The first kappa shape index (κ1) is 64.1. The van der Waals surface area contributed by atoms with Gasteiger partial charge in [-0.15, -0.1) is 0 Å². The summed E-state index contributed by atoms with van der Waals surface area (Å²) >= 11 is 0. The first-order valence-electron chi connectivity index (χ1n) is 36.4. The molecule has 13 aromatic rings. The monoisotopic (exact) mass is 1350 g/mol. The second-order valence-corrected chi connectivity index (χ2v) is 32.3. The van der Waals surface area contributed by atoms with Crippen LogP contribution in [-0.2, 0) is 17.3 Å². The fraction of sp³-hybridized carbons (Fsp3) is 0.125. The van der Waals surface area contributed by atoms with E-state index in [1.807, 2.05) is 6.07 Å². The van der Waals surface area contributed by atoms with Crippen molar-refractivity contribution < 1.29 is 14.4 Å². The van der Waals surface area contributed by atoms with Gasteiger partial charge >= 0.3 is 0 Å². The third-order valence-corrected chi connectivity index (χ3v) is 26.4. The van der Waals surface area contributed by atoms with Crippen LogP contribution in [0.15, 0.2) is 333 Å². The third kappa shape index (κ3) is 9.67. The first-order chi connectivity index (χ1) is 50.3. The topological polar surface area (TPSA) is 41.9 Å². The summed E-state index contributed by atoms with van der Waals surface area (Å²) in [5.41, 5.74) is 25.2. The van der Waals surface area contributed by atoms with Crippen molar-refractivity contribution in [2.75, 3.05) is 4.90 Å². The molecule has 103 heavy (non-hydrogen) atoms. The Bertz CT molecular complexity index is 5550. The fourth-order valence-electron chi connectivity index (χ4n) is 18.8. The van der Waals surface area contributed by atoms with Crippen LogP contribution in [0.3, 0.4) is 0 Å². The number of nitrogens with zero attached hydrogens (tertiary/aromatic N) is 1.